The number of thiophene rings is 1. The highest BCUT2D eigenvalue weighted by molar-refractivity contribution is 7.09. The van der Waals surface area contributed by atoms with E-state index in [1.807, 2.05) is 42.6 Å². The first-order valence-electron chi connectivity index (χ1n) is 10.2. The number of hydrogen-bond acceptors (Lipinski definition) is 6. The molecule has 0 bridgehead atoms. The van der Waals surface area contributed by atoms with E-state index >= 15 is 0 Å². The normalized spacial score (nSPS) is 17.6. The monoisotopic (exact) mass is 449 g/mol. The first kappa shape index (κ1) is 21.6. The molecule has 1 aromatic heterocycles. The van der Waals surface area contributed by atoms with Gasteiger partial charge < -0.3 is 19.5 Å². The van der Waals surface area contributed by atoms with Crippen molar-refractivity contribution >= 4 is 28.8 Å². The fourth-order valence-electron chi connectivity index (χ4n) is 3.86. The van der Waals surface area contributed by atoms with Gasteiger partial charge in [0.1, 0.15) is 17.3 Å². The van der Waals surface area contributed by atoms with Gasteiger partial charge in [0.25, 0.3) is 11.7 Å². The lowest BCUT2D eigenvalue weighted by Crippen LogP contribution is -2.29. The Morgan fingerprint density at radius 1 is 1.06 bits per heavy atom. The zero-order valence-electron chi connectivity index (χ0n) is 17.8. The second-order valence-corrected chi connectivity index (χ2v) is 8.24. The Balaban J connectivity index is 1.85. The van der Waals surface area contributed by atoms with Crippen LogP contribution in [-0.2, 0) is 16.1 Å². The van der Waals surface area contributed by atoms with Crippen LogP contribution in [0.4, 0.5) is 0 Å². The summed E-state index contributed by atoms with van der Waals surface area (Å²) < 4.78 is 11.0. The topological polar surface area (TPSA) is 76.1 Å². The molecule has 4 rings (SSSR count). The van der Waals surface area contributed by atoms with Crippen LogP contribution >= 0.6 is 11.3 Å². The van der Waals surface area contributed by atoms with E-state index in [4.69, 9.17) is 9.47 Å². The predicted octanol–water partition coefficient (Wildman–Crippen LogP) is 4.78. The number of amides is 1. The Bertz CT molecular complexity index is 1150. The molecule has 2 heterocycles. The van der Waals surface area contributed by atoms with Gasteiger partial charge in [-0.2, -0.15) is 0 Å². The molecule has 7 heteroatoms. The first-order valence-corrected chi connectivity index (χ1v) is 11.1. The van der Waals surface area contributed by atoms with Crippen LogP contribution in [0.1, 0.15) is 29.0 Å². The molecule has 1 fully saturated rings. The number of ether oxygens (including phenoxy) is 2. The van der Waals surface area contributed by atoms with Gasteiger partial charge in [0.2, 0.25) is 0 Å². The number of rotatable bonds is 7. The summed E-state index contributed by atoms with van der Waals surface area (Å²) >= 11 is 1.50. The first-order chi connectivity index (χ1) is 15.5. The number of para-hydroxylation sites is 1. The van der Waals surface area contributed by atoms with Crippen LogP contribution in [0.3, 0.4) is 0 Å². The Labute approximate surface area is 190 Å². The van der Waals surface area contributed by atoms with Gasteiger partial charge in [-0.15, -0.1) is 11.3 Å². The fraction of sp³-hybridized carbons (Fsp3) is 0.200. The second-order valence-electron chi connectivity index (χ2n) is 7.21. The predicted molar refractivity (Wildman–Crippen MR) is 123 cm³/mol. The molecule has 1 aliphatic rings. The quantitative estimate of drug-likeness (QED) is 0.319. The molecule has 1 amide bonds. The molecule has 2 aromatic carbocycles. The van der Waals surface area contributed by atoms with Crippen molar-refractivity contribution in [2.24, 2.45) is 0 Å². The van der Waals surface area contributed by atoms with E-state index < -0.39 is 17.7 Å². The minimum Gasteiger partial charge on any atom is -0.507 e. The van der Waals surface area contributed by atoms with E-state index in [2.05, 4.69) is 0 Å². The largest absolute Gasteiger partial charge is 0.507 e. The summed E-state index contributed by atoms with van der Waals surface area (Å²) in [6, 6.07) is 17.0. The Kier molecular flexibility index (Phi) is 6.28. The summed E-state index contributed by atoms with van der Waals surface area (Å²) in [5, 5.41) is 13.1. The lowest BCUT2D eigenvalue weighted by molar-refractivity contribution is -0.140. The number of nitrogens with zero attached hydrogens (tertiary/aromatic N) is 1. The van der Waals surface area contributed by atoms with E-state index in [9.17, 15) is 14.7 Å². The third kappa shape index (κ3) is 3.99. The molecule has 164 valence electrons. The number of carbonyl (C=O) groups is 2. The number of aliphatic hydroxyl groups excluding tert-OH is 1. The molecule has 1 N–H and O–H groups in total. The third-order valence-corrected chi connectivity index (χ3v) is 6.18. The van der Waals surface area contributed by atoms with E-state index in [0.29, 0.717) is 29.2 Å². The van der Waals surface area contributed by atoms with Crippen molar-refractivity contribution < 1.29 is 24.2 Å². The Morgan fingerprint density at radius 3 is 2.47 bits per heavy atom. The van der Waals surface area contributed by atoms with Crippen LogP contribution in [0.15, 0.2) is 71.6 Å². The summed E-state index contributed by atoms with van der Waals surface area (Å²) in [4.78, 5) is 28.6. The summed E-state index contributed by atoms with van der Waals surface area (Å²) in [5.74, 6) is -0.404. The van der Waals surface area contributed by atoms with Crippen molar-refractivity contribution in [2.75, 3.05) is 13.7 Å². The van der Waals surface area contributed by atoms with Crippen molar-refractivity contribution in [3.05, 3.63) is 87.6 Å². The average Bonchev–Trinajstić information content (AvgIpc) is 3.42. The summed E-state index contributed by atoms with van der Waals surface area (Å²) in [5.41, 5.74) is 1.11. The second kappa shape index (κ2) is 9.28. The third-order valence-electron chi connectivity index (χ3n) is 5.32. The van der Waals surface area contributed by atoms with Gasteiger partial charge in [0.15, 0.2) is 0 Å². The highest BCUT2D eigenvalue weighted by Crippen LogP contribution is 2.43. The molecule has 0 aliphatic carbocycles. The highest BCUT2D eigenvalue weighted by Gasteiger charge is 2.47. The zero-order valence-corrected chi connectivity index (χ0v) is 18.6. The molecular formula is C25H23NO5S. The number of aliphatic hydroxyl groups is 1. The molecular weight excluding hydrogens is 426 g/mol. The SMILES string of the molecule is CCOc1ccc(/C(O)=C2/C(=O)C(=O)N(Cc3cccs3)C2c2ccccc2OC)cc1. The van der Waals surface area contributed by atoms with Gasteiger partial charge in [-0.3, -0.25) is 9.59 Å². The molecule has 1 saturated heterocycles. The van der Waals surface area contributed by atoms with Crippen molar-refractivity contribution in [3.8, 4) is 11.5 Å². The summed E-state index contributed by atoms with van der Waals surface area (Å²) in [6.07, 6.45) is 0. The number of hydrogen-bond donors (Lipinski definition) is 1. The number of likely N-dealkylation sites (tertiary alicyclic amines) is 1. The average molecular weight is 450 g/mol. The lowest BCUT2D eigenvalue weighted by atomic mass is 9.94. The van der Waals surface area contributed by atoms with Gasteiger partial charge in [0.05, 0.1) is 31.9 Å². The smallest absolute Gasteiger partial charge is 0.295 e. The van der Waals surface area contributed by atoms with Crippen LogP contribution in [-0.4, -0.2) is 35.4 Å². The van der Waals surface area contributed by atoms with Crippen LogP contribution in [0, 0.1) is 0 Å². The van der Waals surface area contributed by atoms with E-state index in [1.54, 1.807) is 30.3 Å². The molecule has 0 spiro atoms. The number of ketones is 1. The zero-order chi connectivity index (χ0) is 22.7. The van der Waals surface area contributed by atoms with Gasteiger partial charge in [0, 0.05) is 16.0 Å². The van der Waals surface area contributed by atoms with Crippen molar-refractivity contribution in [1.29, 1.82) is 0 Å². The maximum Gasteiger partial charge on any atom is 0.295 e. The van der Waals surface area contributed by atoms with Crippen molar-refractivity contribution in [3.63, 3.8) is 0 Å². The van der Waals surface area contributed by atoms with Gasteiger partial charge >= 0.3 is 0 Å². The molecule has 3 aromatic rings. The number of methoxy groups -OCH3 is 1. The molecule has 0 saturated carbocycles. The Hall–Kier alpha value is -3.58. The van der Waals surface area contributed by atoms with Crippen LogP contribution in [0.25, 0.3) is 5.76 Å². The van der Waals surface area contributed by atoms with E-state index in [1.165, 1.54) is 23.3 Å². The van der Waals surface area contributed by atoms with Crippen molar-refractivity contribution in [1.82, 2.24) is 4.90 Å². The van der Waals surface area contributed by atoms with Crippen LogP contribution in [0.2, 0.25) is 0 Å². The molecule has 1 aliphatic heterocycles. The standard InChI is InChI=1S/C25H23NO5S/c1-3-31-17-12-10-16(11-13-17)23(27)21-22(19-8-4-5-9-20(19)30-2)26(25(29)24(21)28)15-18-7-6-14-32-18/h4-14,22,27H,3,15H2,1-2H3/b23-21-. The fourth-order valence-corrected chi connectivity index (χ4v) is 4.56. The maximum atomic E-state index is 13.1. The summed E-state index contributed by atoms with van der Waals surface area (Å²) in [7, 11) is 1.54. The molecule has 0 radical (unpaired) electrons. The van der Waals surface area contributed by atoms with Gasteiger partial charge in [-0.1, -0.05) is 24.3 Å². The van der Waals surface area contributed by atoms with E-state index in [0.717, 1.165) is 4.88 Å². The molecule has 1 unspecified atom stereocenters. The molecule has 32 heavy (non-hydrogen) atoms. The summed E-state index contributed by atoms with van der Waals surface area (Å²) in [6.45, 7) is 2.66. The lowest BCUT2D eigenvalue weighted by Gasteiger charge is -2.26. The molecule has 6 nitrogen and oxygen atoms in total. The van der Waals surface area contributed by atoms with Crippen LogP contribution in [0.5, 0.6) is 11.5 Å². The van der Waals surface area contributed by atoms with Crippen LogP contribution < -0.4 is 9.47 Å². The Morgan fingerprint density at radius 2 is 1.81 bits per heavy atom. The highest BCUT2D eigenvalue weighted by atomic mass is 32.1. The maximum absolute atomic E-state index is 13.1. The van der Waals surface area contributed by atoms with E-state index in [-0.39, 0.29) is 17.9 Å². The van der Waals surface area contributed by atoms with Gasteiger partial charge in [-0.25, -0.2) is 0 Å². The minimum atomic E-state index is -0.778. The van der Waals surface area contributed by atoms with Crippen molar-refractivity contribution in [2.45, 2.75) is 19.5 Å². The molecule has 1 atom stereocenters. The number of Topliss-reactive ketones (excluding diaryl/α,β-unsaturated/α-hetero) is 1. The van der Waals surface area contributed by atoms with Gasteiger partial charge in [-0.05, 0) is 48.7 Å². The number of benzene rings is 2. The number of carbonyl (C=O) groups excluding carboxylic acids is 2. The minimum absolute atomic E-state index is 0.0419.